The third-order valence-corrected chi connectivity index (χ3v) is 5.34. The molecule has 0 amide bonds. The van der Waals surface area contributed by atoms with Gasteiger partial charge in [-0.3, -0.25) is 0 Å². The lowest BCUT2D eigenvalue weighted by atomic mass is 9.98. The quantitative estimate of drug-likeness (QED) is 0.498. The van der Waals surface area contributed by atoms with E-state index in [1.165, 1.54) is 0 Å². The fourth-order valence-corrected chi connectivity index (χ4v) is 3.68. The topological polar surface area (TPSA) is 57.2 Å². The first-order valence-electron chi connectivity index (χ1n) is 10.3. The number of aryl methyl sites for hydroxylation is 4. The van der Waals surface area contributed by atoms with Crippen molar-refractivity contribution >= 4 is 0 Å². The molecule has 1 N–H and O–H groups in total. The predicted octanol–water partition coefficient (Wildman–Crippen LogP) is 5.00. The van der Waals surface area contributed by atoms with E-state index in [0.29, 0.717) is 5.75 Å². The third-order valence-electron chi connectivity index (χ3n) is 5.34. The number of hydrogen-bond acceptors (Lipinski definition) is 5. The van der Waals surface area contributed by atoms with E-state index in [4.69, 9.17) is 18.9 Å². The van der Waals surface area contributed by atoms with Crippen LogP contribution in [0.15, 0.2) is 54.6 Å². The Morgan fingerprint density at radius 3 is 1.26 bits per heavy atom. The van der Waals surface area contributed by atoms with E-state index < -0.39 is 0 Å². The highest BCUT2D eigenvalue weighted by Gasteiger charge is 2.08. The number of phenolic OH excluding ortho intramolecular Hbond substituents is 1. The third kappa shape index (κ3) is 5.85. The molecule has 0 bridgehead atoms. The van der Waals surface area contributed by atoms with Gasteiger partial charge >= 0.3 is 0 Å². The van der Waals surface area contributed by atoms with Crippen molar-refractivity contribution in [1.29, 1.82) is 0 Å². The van der Waals surface area contributed by atoms with Gasteiger partial charge in [0, 0.05) is 0 Å². The van der Waals surface area contributed by atoms with Crippen LogP contribution in [0.25, 0.3) is 0 Å². The molecule has 0 unspecified atom stereocenters. The van der Waals surface area contributed by atoms with E-state index in [-0.39, 0.29) is 0 Å². The lowest BCUT2D eigenvalue weighted by Crippen LogP contribution is -1.98. The summed E-state index contributed by atoms with van der Waals surface area (Å²) in [5, 5.41) is 10.2. The van der Waals surface area contributed by atoms with Gasteiger partial charge in [0.15, 0.2) is 23.0 Å². The lowest BCUT2D eigenvalue weighted by Gasteiger charge is -2.11. The highest BCUT2D eigenvalue weighted by Crippen LogP contribution is 2.29. The van der Waals surface area contributed by atoms with Crippen molar-refractivity contribution in [1.82, 2.24) is 0 Å². The van der Waals surface area contributed by atoms with Crippen LogP contribution in [0, 0.1) is 0 Å². The van der Waals surface area contributed by atoms with Crippen LogP contribution in [0.2, 0.25) is 0 Å². The first kappa shape index (κ1) is 22.3. The average Bonchev–Trinajstić information content (AvgIpc) is 2.80. The molecule has 0 saturated carbocycles. The second-order valence-electron chi connectivity index (χ2n) is 7.39. The van der Waals surface area contributed by atoms with Crippen molar-refractivity contribution < 1.29 is 24.1 Å². The minimum absolute atomic E-state index is 0.298. The Kier molecular flexibility index (Phi) is 7.65. The van der Waals surface area contributed by atoms with Crippen molar-refractivity contribution in [3.05, 3.63) is 76.9 Å². The molecule has 31 heavy (non-hydrogen) atoms. The summed E-state index contributed by atoms with van der Waals surface area (Å²) in [5.41, 5.74) is 4.54. The van der Waals surface area contributed by atoms with Gasteiger partial charge in [-0.1, -0.05) is 18.2 Å². The van der Waals surface area contributed by atoms with E-state index in [1.54, 1.807) is 28.4 Å². The number of rotatable bonds is 10. The highest BCUT2D eigenvalue weighted by molar-refractivity contribution is 5.44. The van der Waals surface area contributed by atoms with Crippen molar-refractivity contribution in [3.8, 4) is 28.7 Å². The predicted molar refractivity (Wildman–Crippen MR) is 122 cm³/mol. The Hall–Kier alpha value is -3.34. The molecule has 164 valence electrons. The standard InChI is InChI=1S/C26H30O5/c1-28-23-11-9-18(16-25(23)30-3)5-7-20-13-21(15-22(27)14-20)8-6-19-10-12-24(29-2)26(17-19)31-4/h9-17,27H,5-8H2,1-4H3. The molecule has 3 rings (SSSR count). The van der Waals surface area contributed by atoms with Crippen LogP contribution in [-0.4, -0.2) is 33.5 Å². The summed E-state index contributed by atoms with van der Waals surface area (Å²) in [5.74, 6) is 3.20. The second-order valence-corrected chi connectivity index (χ2v) is 7.39. The van der Waals surface area contributed by atoms with Crippen LogP contribution in [0.3, 0.4) is 0 Å². The smallest absolute Gasteiger partial charge is 0.160 e. The first-order valence-corrected chi connectivity index (χ1v) is 10.3. The summed E-state index contributed by atoms with van der Waals surface area (Å²) in [6.45, 7) is 0. The molecule has 0 spiro atoms. The zero-order valence-corrected chi connectivity index (χ0v) is 18.6. The average molecular weight is 423 g/mol. The summed E-state index contributed by atoms with van der Waals surface area (Å²) < 4.78 is 21.4. The van der Waals surface area contributed by atoms with Gasteiger partial charge in [0.05, 0.1) is 28.4 Å². The fourth-order valence-electron chi connectivity index (χ4n) is 3.68. The molecule has 3 aromatic rings. The molecule has 0 saturated heterocycles. The van der Waals surface area contributed by atoms with Crippen LogP contribution in [0.1, 0.15) is 22.3 Å². The van der Waals surface area contributed by atoms with Crippen LogP contribution < -0.4 is 18.9 Å². The van der Waals surface area contributed by atoms with Crippen molar-refractivity contribution in [3.63, 3.8) is 0 Å². The fraction of sp³-hybridized carbons (Fsp3) is 0.308. The van der Waals surface area contributed by atoms with Gasteiger partial charge in [0.1, 0.15) is 5.75 Å². The van der Waals surface area contributed by atoms with E-state index in [0.717, 1.165) is 70.9 Å². The van der Waals surface area contributed by atoms with Crippen LogP contribution in [-0.2, 0) is 25.7 Å². The lowest BCUT2D eigenvalue weighted by molar-refractivity contribution is 0.354. The minimum atomic E-state index is 0.298. The molecule has 0 atom stereocenters. The zero-order chi connectivity index (χ0) is 22.2. The largest absolute Gasteiger partial charge is 0.508 e. The summed E-state index contributed by atoms with van der Waals surface area (Å²) in [7, 11) is 6.55. The summed E-state index contributed by atoms with van der Waals surface area (Å²) in [6.07, 6.45) is 3.35. The molecule has 3 aromatic carbocycles. The van der Waals surface area contributed by atoms with Crippen molar-refractivity contribution in [2.75, 3.05) is 28.4 Å². The second kappa shape index (κ2) is 10.6. The number of phenols is 1. The Morgan fingerprint density at radius 1 is 0.484 bits per heavy atom. The van der Waals surface area contributed by atoms with E-state index in [9.17, 15) is 5.11 Å². The Bertz CT molecular complexity index is 935. The summed E-state index contributed by atoms with van der Waals surface area (Å²) in [6, 6.07) is 17.8. The van der Waals surface area contributed by atoms with E-state index in [2.05, 4.69) is 6.07 Å². The molecule has 5 nitrogen and oxygen atoms in total. The SMILES string of the molecule is COc1ccc(CCc2cc(O)cc(CCc3ccc(OC)c(OC)c3)c2)cc1OC. The van der Waals surface area contributed by atoms with Gasteiger partial charge < -0.3 is 24.1 Å². The van der Waals surface area contributed by atoms with Gasteiger partial charge in [0.2, 0.25) is 0 Å². The molecular formula is C26H30O5. The van der Waals surface area contributed by atoms with Crippen LogP contribution in [0.5, 0.6) is 28.7 Å². The number of methoxy groups -OCH3 is 4. The maximum Gasteiger partial charge on any atom is 0.160 e. The van der Waals surface area contributed by atoms with Crippen molar-refractivity contribution in [2.24, 2.45) is 0 Å². The number of ether oxygens (including phenoxy) is 4. The molecule has 5 heteroatoms. The van der Waals surface area contributed by atoms with Gasteiger partial charge in [-0.25, -0.2) is 0 Å². The molecule has 0 aromatic heterocycles. The minimum Gasteiger partial charge on any atom is -0.508 e. The summed E-state index contributed by atoms with van der Waals surface area (Å²) in [4.78, 5) is 0. The number of benzene rings is 3. The van der Waals surface area contributed by atoms with Gasteiger partial charge in [0.25, 0.3) is 0 Å². The monoisotopic (exact) mass is 422 g/mol. The normalized spacial score (nSPS) is 10.6. The Morgan fingerprint density at radius 2 is 0.871 bits per heavy atom. The Balaban J connectivity index is 1.66. The molecule has 0 aliphatic rings. The molecule has 0 aliphatic carbocycles. The molecule has 0 heterocycles. The maximum absolute atomic E-state index is 10.2. The molecule has 0 fully saturated rings. The van der Waals surface area contributed by atoms with E-state index >= 15 is 0 Å². The van der Waals surface area contributed by atoms with Crippen LogP contribution >= 0.6 is 0 Å². The molecular weight excluding hydrogens is 392 g/mol. The van der Waals surface area contributed by atoms with E-state index in [1.807, 2.05) is 48.5 Å². The zero-order valence-electron chi connectivity index (χ0n) is 18.6. The van der Waals surface area contributed by atoms with Gasteiger partial charge in [-0.05, 0) is 84.3 Å². The van der Waals surface area contributed by atoms with Gasteiger partial charge in [-0.2, -0.15) is 0 Å². The van der Waals surface area contributed by atoms with Crippen molar-refractivity contribution in [2.45, 2.75) is 25.7 Å². The summed E-state index contributed by atoms with van der Waals surface area (Å²) >= 11 is 0. The Labute approximate surface area is 184 Å². The number of aromatic hydroxyl groups is 1. The first-order chi connectivity index (χ1) is 15.1. The maximum atomic E-state index is 10.2. The molecule has 0 radical (unpaired) electrons. The number of hydrogen-bond donors (Lipinski definition) is 1. The van der Waals surface area contributed by atoms with Crippen LogP contribution in [0.4, 0.5) is 0 Å². The molecule has 0 aliphatic heterocycles. The van der Waals surface area contributed by atoms with Gasteiger partial charge in [-0.15, -0.1) is 0 Å². The highest BCUT2D eigenvalue weighted by atomic mass is 16.5.